The lowest BCUT2D eigenvalue weighted by Gasteiger charge is -2.23. The van der Waals surface area contributed by atoms with Crippen LogP contribution in [0.25, 0.3) is 0 Å². The third kappa shape index (κ3) is 6.54. The van der Waals surface area contributed by atoms with Crippen LogP contribution >= 0.6 is 0 Å². The van der Waals surface area contributed by atoms with Crippen molar-refractivity contribution in [1.82, 2.24) is 10.6 Å². The molecule has 0 bridgehead atoms. The molecule has 1 rings (SSSR count). The van der Waals surface area contributed by atoms with Crippen molar-refractivity contribution in [2.75, 3.05) is 26.2 Å². The highest BCUT2D eigenvalue weighted by molar-refractivity contribution is 5.72. The Hall–Kier alpha value is -0.610. The average molecular weight is 188 g/mol. The summed E-state index contributed by atoms with van der Waals surface area (Å²) in [5, 5.41) is 5.89. The number of carbonyl (C=O) groups is 1. The van der Waals surface area contributed by atoms with Crippen molar-refractivity contribution < 1.29 is 9.53 Å². The van der Waals surface area contributed by atoms with E-state index in [9.17, 15) is 4.79 Å². The van der Waals surface area contributed by atoms with E-state index in [-0.39, 0.29) is 12.0 Å². The van der Waals surface area contributed by atoms with Gasteiger partial charge < -0.3 is 15.4 Å². The number of ether oxygens (including phenoxy) is 1. The van der Waals surface area contributed by atoms with Gasteiger partial charge in [0, 0.05) is 26.6 Å². The quantitative estimate of drug-likeness (QED) is 0.648. The summed E-state index contributed by atoms with van der Waals surface area (Å²) in [6.45, 7) is 8.61. The Balaban J connectivity index is 0.000000671. The molecule has 1 unspecified atom stereocenters. The van der Waals surface area contributed by atoms with Crippen molar-refractivity contribution in [2.24, 2.45) is 0 Å². The van der Waals surface area contributed by atoms with Crippen molar-refractivity contribution in [3.05, 3.63) is 0 Å². The van der Waals surface area contributed by atoms with Crippen LogP contribution in [0.1, 0.15) is 20.8 Å². The summed E-state index contributed by atoms with van der Waals surface area (Å²) in [6, 6.07) is 0. The number of carbonyl (C=O) groups excluding carboxylic acids is 1. The molecule has 0 aliphatic carbocycles. The molecule has 1 atom stereocenters. The molecule has 1 heterocycles. The summed E-state index contributed by atoms with van der Waals surface area (Å²) in [5.74, 6) is -0.000765. The number of amides is 1. The number of hydrogen-bond donors (Lipinski definition) is 2. The van der Waals surface area contributed by atoms with Gasteiger partial charge in [0.1, 0.15) is 0 Å². The van der Waals surface area contributed by atoms with Gasteiger partial charge >= 0.3 is 0 Å². The highest BCUT2D eigenvalue weighted by atomic mass is 16.5. The fourth-order valence-corrected chi connectivity index (χ4v) is 1.01. The maximum atomic E-state index is 10.5. The summed E-state index contributed by atoms with van der Waals surface area (Å²) < 4.78 is 5.35. The summed E-state index contributed by atoms with van der Waals surface area (Å²) in [7, 11) is 0. The average Bonchev–Trinajstić information content (AvgIpc) is 2.19. The molecule has 2 N–H and O–H groups in total. The fourth-order valence-electron chi connectivity index (χ4n) is 1.01. The van der Waals surface area contributed by atoms with E-state index < -0.39 is 0 Å². The molecule has 0 aromatic rings. The van der Waals surface area contributed by atoms with Crippen LogP contribution in [0.2, 0.25) is 0 Å². The van der Waals surface area contributed by atoms with Crippen LogP contribution in [0, 0.1) is 0 Å². The lowest BCUT2D eigenvalue weighted by Crippen LogP contribution is -2.44. The first-order valence-corrected chi connectivity index (χ1v) is 4.86. The molecule has 0 saturated carbocycles. The second kappa shape index (κ2) is 8.01. The third-order valence-corrected chi connectivity index (χ3v) is 1.58. The first-order valence-electron chi connectivity index (χ1n) is 4.86. The topological polar surface area (TPSA) is 50.4 Å². The highest BCUT2D eigenvalue weighted by Crippen LogP contribution is 1.93. The van der Waals surface area contributed by atoms with Crippen LogP contribution in [0.15, 0.2) is 0 Å². The second-order valence-corrected chi connectivity index (χ2v) is 2.63. The van der Waals surface area contributed by atoms with E-state index in [2.05, 4.69) is 10.6 Å². The minimum Gasteiger partial charge on any atom is -0.374 e. The predicted octanol–water partition coefficient (Wildman–Crippen LogP) is 0.137. The van der Waals surface area contributed by atoms with Gasteiger partial charge in [0.2, 0.25) is 5.91 Å². The van der Waals surface area contributed by atoms with Crippen LogP contribution in [0.3, 0.4) is 0 Å². The number of nitrogens with one attached hydrogen (secondary N) is 2. The Morgan fingerprint density at radius 1 is 1.62 bits per heavy atom. The highest BCUT2D eigenvalue weighted by Gasteiger charge is 2.12. The van der Waals surface area contributed by atoms with Crippen molar-refractivity contribution in [1.29, 1.82) is 0 Å². The van der Waals surface area contributed by atoms with Gasteiger partial charge in [-0.05, 0) is 0 Å². The minimum absolute atomic E-state index is 0.000765. The first kappa shape index (κ1) is 12.4. The van der Waals surface area contributed by atoms with Crippen LogP contribution in [0.4, 0.5) is 0 Å². The van der Waals surface area contributed by atoms with Gasteiger partial charge in [0.05, 0.1) is 12.7 Å². The molecule has 0 radical (unpaired) electrons. The van der Waals surface area contributed by atoms with E-state index in [0.717, 1.165) is 19.7 Å². The van der Waals surface area contributed by atoms with E-state index >= 15 is 0 Å². The summed E-state index contributed by atoms with van der Waals surface area (Å²) >= 11 is 0. The fraction of sp³-hybridized carbons (Fsp3) is 0.889. The van der Waals surface area contributed by atoms with Crippen molar-refractivity contribution in [2.45, 2.75) is 26.9 Å². The van der Waals surface area contributed by atoms with Crippen LogP contribution < -0.4 is 10.6 Å². The van der Waals surface area contributed by atoms with E-state index in [4.69, 9.17) is 4.74 Å². The third-order valence-electron chi connectivity index (χ3n) is 1.58. The van der Waals surface area contributed by atoms with Crippen molar-refractivity contribution in [3.8, 4) is 0 Å². The van der Waals surface area contributed by atoms with Crippen LogP contribution in [-0.4, -0.2) is 38.3 Å². The lowest BCUT2D eigenvalue weighted by atomic mass is 10.3. The molecule has 0 aromatic carbocycles. The maximum absolute atomic E-state index is 10.5. The normalized spacial score (nSPS) is 21.3. The molecule has 1 aliphatic heterocycles. The lowest BCUT2D eigenvalue weighted by molar-refractivity contribution is -0.119. The van der Waals surface area contributed by atoms with E-state index in [1.165, 1.54) is 6.92 Å². The zero-order valence-electron chi connectivity index (χ0n) is 8.72. The summed E-state index contributed by atoms with van der Waals surface area (Å²) in [4.78, 5) is 10.5. The summed E-state index contributed by atoms with van der Waals surface area (Å²) in [6.07, 6.45) is 0.146. The molecule has 1 aliphatic rings. The van der Waals surface area contributed by atoms with E-state index in [0.29, 0.717) is 6.54 Å². The van der Waals surface area contributed by atoms with E-state index in [1.807, 2.05) is 13.8 Å². The summed E-state index contributed by atoms with van der Waals surface area (Å²) in [5.41, 5.74) is 0. The largest absolute Gasteiger partial charge is 0.374 e. The van der Waals surface area contributed by atoms with Gasteiger partial charge in [-0.25, -0.2) is 0 Å². The van der Waals surface area contributed by atoms with Gasteiger partial charge in [0.15, 0.2) is 0 Å². The second-order valence-electron chi connectivity index (χ2n) is 2.63. The smallest absolute Gasteiger partial charge is 0.216 e. The molecule has 13 heavy (non-hydrogen) atoms. The molecular weight excluding hydrogens is 168 g/mol. The number of hydrogen-bond acceptors (Lipinski definition) is 3. The first-order chi connectivity index (χ1) is 6.29. The van der Waals surface area contributed by atoms with Crippen molar-refractivity contribution in [3.63, 3.8) is 0 Å². The Morgan fingerprint density at radius 2 is 2.31 bits per heavy atom. The predicted molar refractivity (Wildman–Crippen MR) is 52.6 cm³/mol. The number of morpholine rings is 1. The van der Waals surface area contributed by atoms with Gasteiger partial charge in [0.25, 0.3) is 0 Å². The Morgan fingerprint density at radius 3 is 2.77 bits per heavy atom. The van der Waals surface area contributed by atoms with Crippen molar-refractivity contribution >= 4 is 5.91 Å². The standard InChI is InChI=1S/C7H14N2O2.C2H6/c1-6(10)9-5-7-4-8-2-3-11-7;1-2/h7-8H,2-5H2,1H3,(H,9,10);1-2H3. The molecule has 1 fully saturated rings. The van der Waals surface area contributed by atoms with Crippen LogP contribution in [-0.2, 0) is 9.53 Å². The Bertz CT molecular complexity index is 134. The molecule has 0 aromatic heterocycles. The molecular formula is C9H20N2O2. The zero-order chi connectivity index (χ0) is 10.1. The van der Waals surface area contributed by atoms with Gasteiger partial charge in [-0.2, -0.15) is 0 Å². The maximum Gasteiger partial charge on any atom is 0.216 e. The number of rotatable bonds is 2. The Kier molecular flexibility index (Phi) is 7.63. The van der Waals surface area contributed by atoms with Crippen LogP contribution in [0.5, 0.6) is 0 Å². The molecule has 78 valence electrons. The molecule has 4 nitrogen and oxygen atoms in total. The zero-order valence-corrected chi connectivity index (χ0v) is 8.72. The van der Waals surface area contributed by atoms with Gasteiger partial charge in [-0.1, -0.05) is 13.8 Å². The Labute approximate surface area is 80.0 Å². The molecule has 0 spiro atoms. The van der Waals surface area contributed by atoms with Gasteiger partial charge in [-0.15, -0.1) is 0 Å². The molecule has 1 amide bonds. The van der Waals surface area contributed by atoms with E-state index in [1.54, 1.807) is 0 Å². The monoisotopic (exact) mass is 188 g/mol. The molecule has 1 saturated heterocycles. The van der Waals surface area contributed by atoms with Gasteiger partial charge in [-0.3, -0.25) is 4.79 Å². The SMILES string of the molecule is CC.CC(=O)NCC1CNCCO1. The molecule has 4 heteroatoms. The minimum atomic E-state index is -0.000765.